The summed E-state index contributed by atoms with van der Waals surface area (Å²) in [7, 11) is 0. The Morgan fingerprint density at radius 3 is 2.64 bits per heavy atom. The van der Waals surface area contributed by atoms with E-state index in [2.05, 4.69) is 5.32 Å². The molecule has 0 atom stereocenters. The van der Waals surface area contributed by atoms with E-state index in [0.717, 1.165) is 5.56 Å². The molecule has 1 aromatic carbocycles. The lowest BCUT2D eigenvalue weighted by Gasteiger charge is -2.06. The van der Waals surface area contributed by atoms with Gasteiger partial charge in [0.2, 0.25) is 0 Å². The second-order valence-electron chi connectivity index (χ2n) is 2.92. The van der Waals surface area contributed by atoms with Gasteiger partial charge in [0.1, 0.15) is 0 Å². The largest absolute Gasteiger partial charge is 0.346 e. The summed E-state index contributed by atoms with van der Waals surface area (Å²) < 4.78 is 23.6. The molecule has 0 aliphatic rings. The number of carbonyl (C=O) groups is 1. The first-order valence-corrected chi connectivity index (χ1v) is 4.23. The van der Waals surface area contributed by atoms with Crippen LogP contribution >= 0.6 is 0 Å². The Kier molecular flexibility index (Phi) is 3.56. The molecule has 76 valence electrons. The molecule has 0 bridgehead atoms. The van der Waals surface area contributed by atoms with Gasteiger partial charge in [0, 0.05) is 5.56 Å². The summed E-state index contributed by atoms with van der Waals surface area (Å²) in [5, 5.41) is 2.15. The molecule has 0 radical (unpaired) electrons. The molecule has 2 nitrogen and oxygen atoms in total. The summed E-state index contributed by atoms with van der Waals surface area (Å²) in [6.07, 6.45) is -2.51. The molecule has 1 amide bonds. The number of hydrogen-bond acceptors (Lipinski definition) is 1. The lowest BCUT2D eigenvalue weighted by atomic mass is 10.1. The number of alkyl halides is 2. The fraction of sp³-hybridized carbons (Fsp3) is 0.300. The highest BCUT2D eigenvalue weighted by atomic mass is 19.3. The zero-order valence-corrected chi connectivity index (χ0v) is 7.76. The van der Waals surface area contributed by atoms with Gasteiger partial charge in [-0.3, -0.25) is 4.79 Å². The second kappa shape index (κ2) is 4.69. The monoisotopic (exact) mass is 199 g/mol. The quantitative estimate of drug-likeness (QED) is 0.792. The van der Waals surface area contributed by atoms with Crippen molar-refractivity contribution in [3.05, 3.63) is 35.4 Å². The van der Waals surface area contributed by atoms with Gasteiger partial charge >= 0.3 is 0 Å². The maximum atomic E-state index is 11.8. The van der Waals surface area contributed by atoms with Gasteiger partial charge in [-0.15, -0.1) is 0 Å². The first-order valence-electron chi connectivity index (χ1n) is 4.23. The first-order chi connectivity index (χ1) is 6.61. The van der Waals surface area contributed by atoms with E-state index < -0.39 is 18.9 Å². The van der Waals surface area contributed by atoms with Crippen molar-refractivity contribution < 1.29 is 13.6 Å². The molecule has 0 saturated carbocycles. The molecule has 0 saturated heterocycles. The van der Waals surface area contributed by atoms with Crippen LogP contribution in [0.5, 0.6) is 0 Å². The van der Waals surface area contributed by atoms with Crippen molar-refractivity contribution >= 4 is 5.91 Å². The molecule has 0 aliphatic heterocycles. The molecule has 0 fully saturated rings. The van der Waals surface area contributed by atoms with Crippen molar-refractivity contribution in [2.75, 3.05) is 6.54 Å². The first kappa shape index (κ1) is 10.6. The van der Waals surface area contributed by atoms with E-state index in [1.807, 2.05) is 0 Å². The average molecular weight is 199 g/mol. The molecule has 0 heterocycles. The molecule has 0 unspecified atom stereocenters. The molecule has 1 N–H and O–H groups in total. The summed E-state index contributed by atoms with van der Waals surface area (Å²) in [4.78, 5) is 11.3. The predicted molar refractivity (Wildman–Crippen MR) is 49.5 cm³/mol. The predicted octanol–water partition coefficient (Wildman–Crippen LogP) is 1.99. The third kappa shape index (κ3) is 2.80. The van der Waals surface area contributed by atoms with E-state index in [4.69, 9.17) is 0 Å². The summed E-state index contributed by atoms with van der Waals surface area (Å²) in [6, 6.07) is 6.86. The molecule has 1 aromatic rings. The van der Waals surface area contributed by atoms with E-state index in [9.17, 15) is 13.6 Å². The normalized spacial score (nSPS) is 10.3. The molecule has 14 heavy (non-hydrogen) atoms. The summed E-state index contributed by atoms with van der Waals surface area (Å²) >= 11 is 0. The van der Waals surface area contributed by atoms with Gasteiger partial charge in [0.25, 0.3) is 12.3 Å². The minimum atomic E-state index is -2.51. The third-order valence-electron chi connectivity index (χ3n) is 1.81. The zero-order valence-electron chi connectivity index (χ0n) is 7.76. The summed E-state index contributed by atoms with van der Waals surface area (Å²) in [6.45, 7) is 1.16. The Hall–Kier alpha value is -1.45. The van der Waals surface area contributed by atoms with Gasteiger partial charge in [0.05, 0.1) is 6.54 Å². The van der Waals surface area contributed by atoms with Crippen LogP contribution in [0.3, 0.4) is 0 Å². The van der Waals surface area contributed by atoms with Crippen molar-refractivity contribution in [3.63, 3.8) is 0 Å². The number of carbonyl (C=O) groups excluding carboxylic acids is 1. The van der Waals surface area contributed by atoms with Crippen LogP contribution in [0, 0.1) is 6.92 Å². The van der Waals surface area contributed by atoms with Crippen LogP contribution in [0.2, 0.25) is 0 Å². The Balaban J connectivity index is 2.65. The fourth-order valence-corrected chi connectivity index (χ4v) is 1.09. The maximum absolute atomic E-state index is 11.8. The zero-order chi connectivity index (χ0) is 10.6. The van der Waals surface area contributed by atoms with Gasteiger partial charge in [-0.2, -0.15) is 0 Å². The average Bonchev–Trinajstić information content (AvgIpc) is 2.15. The van der Waals surface area contributed by atoms with E-state index in [-0.39, 0.29) is 0 Å². The van der Waals surface area contributed by atoms with E-state index >= 15 is 0 Å². The van der Waals surface area contributed by atoms with E-state index in [0.29, 0.717) is 5.56 Å². The lowest BCUT2D eigenvalue weighted by molar-refractivity contribution is 0.0891. The number of rotatable bonds is 3. The molecule has 0 spiro atoms. The smallest absolute Gasteiger partial charge is 0.255 e. The van der Waals surface area contributed by atoms with Gasteiger partial charge < -0.3 is 5.32 Å². The SMILES string of the molecule is Cc1ccccc1C(=O)NCC(F)F. The Morgan fingerprint density at radius 2 is 2.07 bits per heavy atom. The number of aryl methyl sites for hydroxylation is 1. The highest BCUT2D eigenvalue weighted by Gasteiger charge is 2.09. The number of benzene rings is 1. The number of nitrogens with one attached hydrogen (secondary N) is 1. The minimum Gasteiger partial charge on any atom is -0.346 e. The number of halogens is 2. The van der Waals surface area contributed by atoms with E-state index in [1.165, 1.54) is 0 Å². The van der Waals surface area contributed by atoms with Crippen LogP contribution in [-0.2, 0) is 0 Å². The van der Waals surface area contributed by atoms with Crippen molar-refractivity contribution in [2.24, 2.45) is 0 Å². The maximum Gasteiger partial charge on any atom is 0.255 e. The fourth-order valence-electron chi connectivity index (χ4n) is 1.09. The van der Waals surface area contributed by atoms with Crippen molar-refractivity contribution in [1.29, 1.82) is 0 Å². The Bertz CT molecular complexity index is 326. The second-order valence-corrected chi connectivity index (χ2v) is 2.92. The number of hydrogen-bond donors (Lipinski definition) is 1. The summed E-state index contributed by atoms with van der Waals surface area (Å²) in [5.41, 5.74) is 1.22. The van der Waals surface area contributed by atoms with Crippen LogP contribution in [0.1, 0.15) is 15.9 Å². The van der Waals surface area contributed by atoms with Crippen LogP contribution in [0.4, 0.5) is 8.78 Å². The van der Waals surface area contributed by atoms with Crippen LogP contribution in [0.15, 0.2) is 24.3 Å². The number of amides is 1. The molecular weight excluding hydrogens is 188 g/mol. The molecule has 1 rings (SSSR count). The Labute approximate surface area is 80.9 Å². The standard InChI is InChI=1S/C10H11F2NO/c1-7-4-2-3-5-8(7)10(14)13-6-9(11)12/h2-5,9H,6H2,1H3,(H,13,14). The molecular formula is C10H11F2NO. The minimum absolute atomic E-state index is 0.438. The van der Waals surface area contributed by atoms with Gasteiger partial charge in [-0.05, 0) is 18.6 Å². The lowest BCUT2D eigenvalue weighted by Crippen LogP contribution is -2.28. The molecule has 0 aliphatic carbocycles. The summed E-state index contributed by atoms with van der Waals surface area (Å²) in [5.74, 6) is -0.455. The van der Waals surface area contributed by atoms with Gasteiger partial charge in [0.15, 0.2) is 0 Å². The topological polar surface area (TPSA) is 29.1 Å². The Morgan fingerprint density at radius 1 is 1.43 bits per heavy atom. The molecule has 0 aromatic heterocycles. The highest BCUT2D eigenvalue weighted by Crippen LogP contribution is 2.06. The van der Waals surface area contributed by atoms with Crippen molar-refractivity contribution in [2.45, 2.75) is 13.3 Å². The van der Waals surface area contributed by atoms with Crippen LogP contribution in [-0.4, -0.2) is 18.9 Å². The van der Waals surface area contributed by atoms with Gasteiger partial charge in [-0.25, -0.2) is 8.78 Å². The van der Waals surface area contributed by atoms with Gasteiger partial charge in [-0.1, -0.05) is 18.2 Å². The van der Waals surface area contributed by atoms with Crippen molar-refractivity contribution in [3.8, 4) is 0 Å². The third-order valence-corrected chi connectivity index (χ3v) is 1.81. The molecule has 4 heteroatoms. The van der Waals surface area contributed by atoms with E-state index in [1.54, 1.807) is 31.2 Å². The van der Waals surface area contributed by atoms with Crippen LogP contribution < -0.4 is 5.32 Å². The van der Waals surface area contributed by atoms with Crippen LogP contribution in [0.25, 0.3) is 0 Å². The highest BCUT2D eigenvalue weighted by molar-refractivity contribution is 5.95. The van der Waals surface area contributed by atoms with Crippen molar-refractivity contribution in [1.82, 2.24) is 5.32 Å².